The molecule has 1 aliphatic rings. The number of nitrogens with zero attached hydrogens (tertiary/aromatic N) is 1. The Bertz CT molecular complexity index is 440. The third-order valence-electron chi connectivity index (χ3n) is 2.29. The lowest BCUT2D eigenvalue weighted by Crippen LogP contribution is -1.99. The van der Waals surface area contributed by atoms with Gasteiger partial charge in [0, 0.05) is 17.5 Å². The van der Waals surface area contributed by atoms with E-state index in [1.54, 1.807) is 0 Å². The minimum atomic E-state index is -0.398. The van der Waals surface area contributed by atoms with Crippen LogP contribution >= 0.6 is 11.6 Å². The van der Waals surface area contributed by atoms with Crippen LogP contribution in [0.1, 0.15) is 24.5 Å². The molecule has 1 aliphatic carbocycles. The lowest BCUT2D eigenvalue weighted by Gasteiger charge is -1.99. The lowest BCUT2D eigenvalue weighted by atomic mass is 10.1. The summed E-state index contributed by atoms with van der Waals surface area (Å²) in [6.45, 7) is 1.34. The molecule has 1 aromatic carbocycles. The molecular formula is C11H10ClNO2. The Kier molecular flexibility index (Phi) is 2.73. The van der Waals surface area contributed by atoms with Crippen molar-refractivity contribution in [3.63, 3.8) is 0 Å². The van der Waals surface area contributed by atoms with E-state index in [4.69, 9.17) is 11.6 Å². The van der Waals surface area contributed by atoms with Gasteiger partial charge in [0.2, 0.25) is 0 Å². The van der Waals surface area contributed by atoms with E-state index < -0.39 is 5.97 Å². The Hall–Kier alpha value is -1.35. The summed E-state index contributed by atoms with van der Waals surface area (Å²) in [5.41, 5.74) is 3.01. The van der Waals surface area contributed by atoms with E-state index >= 15 is 0 Å². The molecule has 0 aliphatic heterocycles. The summed E-state index contributed by atoms with van der Waals surface area (Å²) in [5.74, 6) is -0.398. The standard InChI is InChI=1S/C11H10ClNO2/c1-7(14)15-13-11-5-2-8-6-9(12)3-4-10(8)11/h3-4,6H,2,5H2,1H3. The zero-order valence-electron chi connectivity index (χ0n) is 8.29. The summed E-state index contributed by atoms with van der Waals surface area (Å²) >= 11 is 5.87. The van der Waals surface area contributed by atoms with Crippen molar-refractivity contribution in [2.45, 2.75) is 19.8 Å². The molecule has 0 radical (unpaired) electrons. The average molecular weight is 224 g/mol. The van der Waals surface area contributed by atoms with Gasteiger partial charge in [-0.2, -0.15) is 0 Å². The molecule has 3 nitrogen and oxygen atoms in total. The molecule has 0 spiro atoms. The predicted molar refractivity (Wildman–Crippen MR) is 58.1 cm³/mol. The molecule has 0 N–H and O–H groups in total. The maximum absolute atomic E-state index is 10.6. The fourth-order valence-corrected chi connectivity index (χ4v) is 1.85. The molecule has 15 heavy (non-hydrogen) atoms. The normalized spacial score (nSPS) is 16.5. The fraction of sp³-hybridized carbons (Fsp3) is 0.273. The first-order valence-corrected chi connectivity index (χ1v) is 5.08. The van der Waals surface area contributed by atoms with Gasteiger partial charge in [-0.15, -0.1) is 0 Å². The van der Waals surface area contributed by atoms with Crippen LogP contribution in [0.5, 0.6) is 0 Å². The van der Waals surface area contributed by atoms with Crippen LogP contribution in [-0.2, 0) is 16.1 Å². The Morgan fingerprint density at radius 3 is 3.00 bits per heavy atom. The van der Waals surface area contributed by atoms with E-state index in [-0.39, 0.29) is 0 Å². The zero-order valence-corrected chi connectivity index (χ0v) is 9.04. The SMILES string of the molecule is CC(=O)ON=C1CCc2cc(Cl)ccc21. The fourth-order valence-electron chi connectivity index (χ4n) is 1.65. The summed E-state index contributed by atoms with van der Waals surface area (Å²) in [5, 5.41) is 4.54. The topological polar surface area (TPSA) is 38.7 Å². The molecule has 0 atom stereocenters. The first-order valence-electron chi connectivity index (χ1n) is 4.70. The molecule has 4 heteroatoms. The Balaban J connectivity index is 2.28. The number of rotatable bonds is 1. The summed E-state index contributed by atoms with van der Waals surface area (Å²) in [7, 11) is 0. The van der Waals surface area contributed by atoms with Crippen molar-refractivity contribution in [2.24, 2.45) is 5.16 Å². The van der Waals surface area contributed by atoms with Gasteiger partial charge in [0.15, 0.2) is 0 Å². The summed E-state index contributed by atoms with van der Waals surface area (Å²) in [6.07, 6.45) is 1.69. The maximum atomic E-state index is 10.6. The second-order valence-electron chi connectivity index (χ2n) is 3.42. The molecule has 0 unspecified atom stereocenters. The van der Waals surface area contributed by atoms with E-state index in [0.717, 1.165) is 34.7 Å². The third kappa shape index (κ3) is 2.18. The number of oxime groups is 1. The van der Waals surface area contributed by atoms with Gasteiger partial charge in [0.1, 0.15) is 0 Å². The monoisotopic (exact) mass is 223 g/mol. The number of carbonyl (C=O) groups excluding carboxylic acids is 1. The Morgan fingerprint density at radius 2 is 2.27 bits per heavy atom. The first-order chi connectivity index (χ1) is 7.16. The summed E-state index contributed by atoms with van der Waals surface area (Å²) in [4.78, 5) is 15.2. The lowest BCUT2D eigenvalue weighted by molar-refractivity contribution is -0.140. The second-order valence-corrected chi connectivity index (χ2v) is 3.86. The molecule has 0 fully saturated rings. The highest BCUT2D eigenvalue weighted by Gasteiger charge is 2.18. The van der Waals surface area contributed by atoms with Crippen LogP contribution < -0.4 is 0 Å². The number of halogens is 1. The number of benzene rings is 1. The predicted octanol–water partition coefficient (Wildman–Crippen LogP) is 2.55. The minimum absolute atomic E-state index is 0.398. The Morgan fingerprint density at radius 1 is 1.47 bits per heavy atom. The number of carbonyl (C=O) groups is 1. The van der Waals surface area contributed by atoms with Crippen molar-refractivity contribution in [1.29, 1.82) is 0 Å². The van der Waals surface area contributed by atoms with Gasteiger partial charge in [0.05, 0.1) is 5.71 Å². The zero-order chi connectivity index (χ0) is 10.8. The van der Waals surface area contributed by atoms with Crippen LogP contribution in [0.2, 0.25) is 5.02 Å². The highest BCUT2D eigenvalue weighted by atomic mass is 35.5. The second kappa shape index (κ2) is 4.03. The molecule has 0 heterocycles. The molecule has 1 aromatic rings. The van der Waals surface area contributed by atoms with Crippen molar-refractivity contribution in [3.05, 3.63) is 34.3 Å². The molecule has 0 amide bonds. The van der Waals surface area contributed by atoms with E-state index in [0.29, 0.717) is 0 Å². The van der Waals surface area contributed by atoms with Crippen LogP contribution in [0.15, 0.2) is 23.4 Å². The van der Waals surface area contributed by atoms with E-state index in [1.165, 1.54) is 6.92 Å². The van der Waals surface area contributed by atoms with Crippen molar-refractivity contribution in [2.75, 3.05) is 0 Å². The van der Waals surface area contributed by atoms with E-state index in [9.17, 15) is 4.79 Å². The van der Waals surface area contributed by atoms with Gasteiger partial charge >= 0.3 is 5.97 Å². The molecule has 2 rings (SSSR count). The number of aryl methyl sites for hydroxylation is 1. The molecule has 0 bridgehead atoms. The Labute approximate surface area is 92.7 Å². The number of fused-ring (bicyclic) bond motifs is 1. The van der Waals surface area contributed by atoms with Crippen LogP contribution in [0.25, 0.3) is 0 Å². The van der Waals surface area contributed by atoms with Gasteiger partial charge < -0.3 is 4.84 Å². The average Bonchev–Trinajstić information content (AvgIpc) is 2.57. The maximum Gasteiger partial charge on any atom is 0.331 e. The van der Waals surface area contributed by atoms with Crippen molar-refractivity contribution < 1.29 is 9.63 Å². The van der Waals surface area contributed by atoms with Gasteiger partial charge in [-0.1, -0.05) is 22.8 Å². The van der Waals surface area contributed by atoms with Crippen LogP contribution in [0.3, 0.4) is 0 Å². The van der Waals surface area contributed by atoms with Crippen molar-refractivity contribution in [1.82, 2.24) is 0 Å². The highest BCUT2D eigenvalue weighted by molar-refractivity contribution is 6.30. The number of hydrogen-bond donors (Lipinski definition) is 0. The quantitative estimate of drug-likeness (QED) is 0.542. The van der Waals surface area contributed by atoms with Crippen molar-refractivity contribution >= 4 is 23.3 Å². The first kappa shape index (κ1) is 10.2. The molecule has 0 aromatic heterocycles. The van der Waals surface area contributed by atoms with Crippen molar-refractivity contribution in [3.8, 4) is 0 Å². The van der Waals surface area contributed by atoms with Gasteiger partial charge in [-0.05, 0) is 30.5 Å². The van der Waals surface area contributed by atoms with Crippen LogP contribution in [0.4, 0.5) is 0 Å². The molecule has 0 saturated heterocycles. The van der Waals surface area contributed by atoms with Gasteiger partial charge in [-0.25, -0.2) is 4.79 Å². The van der Waals surface area contributed by atoms with Gasteiger partial charge in [0.25, 0.3) is 0 Å². The molecule has 78 valence electrons. The molecular weight excluding hydrogens is 214 g/mol. The van der Waals surface area contributed by atoms with Crippen LogP contribution in [-0.4, -0.2) is 11.7 Å². The third-order valence-corrected chi connectivity index (χ3v) is 2.53. The largest absolute Gasteiger partial charge is 0.331 e. The smallest absolute Gasteiger partial charge is 0.318 e. The summed E-state index contributed by atoms with van der Waals surface area (Å²) in [6, 6.07) is 5.65. The van der Waals surface area contributed by atoms with Gasteiger partial charge in [-0.3, -0.25) is 0 Å². The number of hydrogen-bond acceptors (Lipinski definition) is 3. The van der Waals surface area contributed by atoms with E-state index in [2.05, 4.69) is 9.99 Å². The van der Waals surface area contributed by atoms with Crippen LogP contribution in [0, 0.1) is 0 Å². The van der Waals surface area contributed by atoms with E-state index in [1.807, 2.05) is 18.2 Å². The summed E-state index contributed by atoms with van der Waals surface area (Å²) < 4.78 is 0. The highest BCUT2D eigenvalue weighted by Crippen LogP contribution is 2.25. The molecule has 0 saturated carbocycles. The minimum Gasteiger partial charge on any atom is -0.318 e.